The molecule has 0 amide bonds. The zero-order chi connectivity index (χ0) is 8.97. The number of anilines is 1. The van der Waals surface area contributed by atoms with Crippen molar-refractivity contribution in [3.05, 3.63) is 35.4 Å². The van der Waals surface area contributed by atoms with Crippen molar-refractivity contribution >= 4 is 5.82 Å². The van der Waals surface area contributed by atoms with Gasteiger partial charge in [0.1, 0.15) is 0 Å². The molecule has 12 heavy (non-hydrogen) atoms. The van der Waals surface area contributed by atoms with Crippen LogP contribution in [0, 0.1) is 0 Å². The molecule has 1 N–H and O–H groups in total. The van der Waals surface area contributed by atoms with E-state index >= 15 is 0 Å². The van der Waals surface area contributed by atoms with Crippen molar-refractivity contribution in [3.8, 4) is 0 Å². The molecule has 1 heterocycles. The van der Waals surface area contributed by atoms with Crippen molar-refractivity contribution in [2.75, 3.05) is 11.9 Å². The van der Waals surface area contributed by atoms with Gasteiger partial charge < -0.3 is 9.88 Å². The van der Waals surface area contributed by atoms with Crippen LogP contribution in [0.3, 0.4) is 0 Å². The van der Waals surface area contributed by atoms with Gasteiger partial charge in [-0.3, -0.25) is 4.79 Å². The van der Waals surface area contributed by atoms with Crippen LogP contribution in [0.2, 0.25) is 0 Å². The number of rotatable bonds is 3. The summed E-state index contributed by atoms with van der Waals surface area (Å²) in [5, 5.41) is 2.84. The summed E-state index contributed by atoms with van der Waals surface area (Å²) in [6.45, 7) is 4.08. The predicted molar refractivity (Wildman–Crippen MR) is 48.2 cm³/mol. The third-order valence-electron chi connectivity index (χ3n) is 1.43. The summed E-state index contributed by atoms with van der Waals surface area (Å²) >= 11 is 0. The number of nitrogens with zero attached hydrogens (tertiary/aromatic N) is 2. The van der Waals surface area contributed by atoms with Crippen molar-refractivity contribution < 1.29 is 0 Å². The lowest BCUT2D eigenvalue weighted by atomic mass is 10.5. The van der Waals surface area contributed by atoms with E-state index in [2.05, 4.69) is 16.9 Å². The fraction of sp³-hybridized carbons (Fsp3) is 0.250. The second-order valence-corrected chi connectivity index (χ2v) is 2.36. The third kappa shape index (κ3) is 1.72. The summed E-state index contributed by atoms with van der Waals surface area (Å²) in [5.74, 6) is 0.361. The van der Waals surface area contributed by atoms with Crippen molar-refractivity contribution in [2.24, 2.45) is 7.05 Å². The number of aryl methyl sites for hydroxylation is 1. The summed E-state index contributed by atoms with van der Waals surface area (Å²) in [6, 6.07) is 0. The van der Waals surface area contributed by atoms with Gasteiger partial charge in [-0.1, -0.05) is 6.08 Å². The molecule has 0 fully saturated rings. The van der Waals surface area contributed by atoms with Crippen LogP contribution in [0.4, 0.5) is 5.82 Å². The summed E-state index contributed by atoms with van der Waals surface area (Å²) < 4.78 is 1.47. The minimum absolute atomic E-state index is 0.126. The zero-order valence-corrected chi connectivity index (χ0v) is 6.95. The van der Waals surface area contributed by atoms with Crippen LogP contribution in [-0.2, 0) is 7.05 Å². The second-order valence-electron chi connectivity index (χ2n) is 2.36. The minimum Gasteiger partial charge on any atom is -0.362 e. The van der Waals surface area contributed by atoms with E-state index in [1.807, 2.05) is 0 Å². The van der Waals surface area contributed by atoms with Crippen LogP contribution in [-0.4, -0.2) is 16.1 Å². The Hall–Kier alpha value is -1.58. The molecule has 0 unspecified atom stereocenters. The first-order valence-electron chi connectivity index (χ1n) is 3.62. The van der Waals surface area contributed by atoms with E-state index in [4.69, 9.17) is 0 Å². The van der Waals surface area contributed by atoms with Gasteiger partial charge in [0.05, 0.1) is 0 Å². The van der Waals surface area contributed by atoms with Gasteiger partial charge in [-0.15, -0.1) is 6.58 Å². The van der Waals surface area contributed by atoms with E-state index < -0.39 is 0 Å². The largest absolute Gasteiger partial charge is 0.362 e. The third-order valence-corrected chi connectivity index (χ3v) is 1.43. The molecule has 0 saturated carbocycles. The molecule has 0 bridgehead atoms. The van der Waals surface area contributed by atoms with Gasteiger partial charge >= 0.3 is 0 Å². The first-order valence-corrected chi connectivity index (χ1v) is 3.62. The Bertz CT molecular complexity index is 329. The molecule has 1 aromatic heterocycles. The van der Waals surface area contributed by atoms with Crippen LogP contribution in [0.5, 0.6) is 0 Å². The normalized spacial score (nSPS) is 9.42. The highest BCUT2D eigenvalue weighted by Crippen LogP contribution is 1.89. The molecule has 0 aromatic carbocycles. The molecule has 0 saturated heterocycles. The molecule has 0 spiro atoms. The number of aromatic nitrogens is 2. The smallest absolute Gasteiger partial charge is 0.293 e. The predicted octanol–water partition coefficient (Wildman–Crippen LogP) is 0.378. The number of hydrogen-bond acceptors (Lipinski definition) is 3. The van der Waals surface area contributed by atoms with Crippen molar-refractivity contribution in [1.29, 1.82) is 0 Å². The summed E-state index contributed by atoms with van der Waals surface area (Å²) in [7, 11) is 1.68. The van der Waals surface area contributed by atoms with Crippen LogP contribution >= 0.6 is 0 Å². The van der Waals surface area contributed by atoms with Gasteiger partial charge in [0, 0.05) is 26.0 Å². The highest BCUT2D eigenvalue weighted by atomic mass is 16.1. The highest BCUT2D eigenvalue weighted by Gasteiger charge is 1.98. The fourth-order valence-corrected chi connectivity index (χ4v) is 0.788. The lowest BCUT2D eigenvalue weighted by Crippen LogP contribution is -2.21. The average Bonchev–Trinajstić information content (AvgIpc) is 2.08. The molecular formula is C8H11N3O. The summed E-state index contributed by atoms with van der Waals surface area (Å²) in [6.07, 6.45) is 4.86. The van der Waals surface area contributed by atoms with Gasteiger partial charge in [-0.05, 0) is 0 Å². The van der Waals surface area contributed by atoms with E-state index in [0.29, 0.717) is 12.4 Å². The maximum absolute atomic E-state index is 11.3. The Morgan fingerprint density at radius 2 is 2.58 bits per heavy atom. The molecule has 64 valence electrons. The van der Waals surface area contributed by atoms with E-state index in [-0.39, 0.29) is 5.56 Å². The molecule has 4 nitrogen and oxygen atoms in total. The molecular weight excluding hydrogens is 154 g/mol. The van der Waals surface area contributed by atoms with E-state index in [1.165, 1.54) is 4.57 Å². The fourth-order valence-electron chi connectivity index (χ4n) is 0.788. The van der Waals surface area contributed by atoms with Crippen LogP contribution in [0.1, 0.15) is 0 Å². The zero-order valence-electron chi connectivity index (χ0n) is 6.95. The van der Waals surface area contributed by atoms with Crippen molar-refractivity contribution in [1.82, 2.24) is 9.55 Å². The van der Waals surface area contributed by atoms with Crippen LogP contribution < -0.4 is 10.9 Å². The van der Waals surface area contributed by atoms with Gasteiger partial charge in [-0.25, -0.2) is 4.98 Å². The molecule has 0 aliphatic rings. The maximum Gasteiger partial charge on any atom is 0.293 e. The number of hydrogen-bond donors (Lipinski definition) is 1. The lowest BCUT2D eigenvalue weighted by molar-refractivity contribution is 0.842. The minimum atomic E-state index is -0.126. The molecule has 4 heteroatoms. The van der Waals surface area contributed by atoms with Crippen LogP contribution in [0.15, 0.2) is 29.8 Å². The highest BCUT2D eigenvalue weighted by molar-refractivity contribution is 5.31. The lowest BCUT2D eigenvalue weighted by Gasteiger charge is -2.02. The molecule has 1 rings (SSSR count). The monoisotopic (exact) mass is 165 g/mol. The maximum atomic E-state index is 11.3. The quantitative estimate of drug-likeness (QED) is 0.658. The van der Waals surface area contributed by atoms with Crippen molar-refractivity contribution in [2.45, 2.75) is 0 Å². The Morgan fingerprint density at radius 1 is 1.83 bits per heavy atom. The Labute approximate surface area is 70.6 Å². The first kappa shape index (κ1) is 8.52. The van der Waals surface area contributed by atoms with Gasteiger partial charge in [-0.2, -0.15) is 0 Å². The average molecular weight is 165 g/mol. The van der Waals surface area contributed by atoms with Gasteiger partial charge in [0.25, 0.3) is 5.56 Å². The standard InChI is InChI=1S/C8H11N3O/c1-3-4-9-7-8(12)11(2)6-5-10-7/h3,5-6H,1,4H2,2H3,(H,9,10). The molecule has 0 aliphatic carbocycles. The Kier molecular flexibility index (Phi) is 2.63. The van der Waals surface area contributed by atoms with Crippen LogP contribution in [0.25, 0.3) is 0 Å². The first-order chi connectivity index (χ1) is 5.75. The summed E-state index contributed by atoms with van der Waals surface area (Å²) in [4.78, 5) is 15.2. The Morgan fingerprint density at radius 3 is 3.25 bits per heavy atom. The molecule has 0 radical (unpaired) electrons. The SMILES string of the molecule is C=CCNc1nccn(C)c1=O. The molecule has 0 aliphatic heterocycles. The van der Waals surface area contributed by atoms with E-state index in [9.17, 15) is 4.79 Å². The van der Waals surface area contributed by atoms with Gasteiger partial charge in [0.2, 0.25) is 0 Å². The molecule has 1 aromatic rings. The van der Waals surface area contributed by atoms with E-state index in [0.717, 1.165) is 0 Å². The topological polar surface area (TPSA) is 46.9 Å². The van der Waals surface area contributed by atoms with Crippen molar-refractivity contribution in [3.63, 3.8) is 0 Å². The summed E-state index contributed by atoms with van der Waals surface area (Å²) in [5.41, 5.74) is -0.126. The molecule has 0 atom stereocenters. The second kappa shape index (κ2) is 3.71. The Balaban J connectivity index is 2.92. The number of nitrogens with one attached hydrogen (secondary N) is 1. The van der Waals surface area contributed by atoms with E-state index in [1.54, 1.807) is 25.5 Å². The van der Waals surface area contributed by atoms with Gasteiger partial charge in [0.15, 0.2) is 5.82 Å².